The number of carbonyl (C=O) groups is 1. The van der Waals surface area contributed by atoms with Crippen LogP contribution in [0.5, 0.6) is 5.75 Å². The maximum Gasteiger partial charge on any atom is 0.260 e. The van der Waals surface area contributed by atoms with Gasteiger partial charge in [0.25, 0.3) is 5.91 Å². The van der Waals surface area contributed by atoms with E-state index in [1.807, 2.05) is 0 Å². The lowest BCUT2D eigenvalue weighted by Crippen LogP contribution is -2.37. The predicted molar refractivity (Wildman–Crippen MR) is 101 cm³/mol. The first-order valence-electron chi connectivity index (χ1n) is 8.49. The van der Waals surface area contributed by atoms with Gasteiger partial charge in [-0.1, -0.05) is 29.8 Å². The third kappa shape index (κ3) is 4.78. The molecule has 8 heteroatoms. The van der Waals surface area contributed by atoms with Crippen LogP contribution in [-0.2, 0) is 14.6 Å². The zero-order valence-corrected chi connectivity index (χ0v) is 16.0. The third-order valence-corrected chi connectivity index (χ3v) is 6.88. The van der Waals surface area contributed by atoms with Gasteiger partial charge >= 0.3 is 0 Å². The topological polar surface area (TPSA) is 63.7 Å². The minimum atomic E-state index is -3.56. The molecule has 0 aromatic heterocycles. The van der Waals surface area contributed by atoms with Gasteiger partial charge in [0, 0.05) is 23.7 Å². The molecule has 0 N–H and O–H groups in total. The van der Waals surface area contributed by atoms with Crippen molar-refractivity contribution in [1.29, 1.82) is 0 Å². The smallest absolute Gasteiger partial charge is 0.260 e. The number of rotatable bonds is 4. The molecule has 27 heavy (non-hydrogen) atoms. The molecule has 0 aliphatic carbocycles. The van der Waals surface area contributed by atoms with Crippen LogP contribution in [0.25, 0.3) is 0 Å². The van der Waals surface area contributed by atoms with Crippen molar-refractivity contribution in [1.82, 2.24) is 4.90 Å². The number of nitrogens with zero attached hydrogens (tertiary/aromatic N) is 1. The van der Waals surface area contributed by atoms with Gasteiger partial charge in [0.05, 0.1) is 11.0 Å². The van der Waals surface area contributed by atoms with Crippen LogP contribution >= 0.6 is 11.6 Å². The van der Waals surface area contributed by atoms with Gasteiger partial charge in [-0.25, -0.2) is 12.8 Å². The van der Waals surface area contributed by atoms with Crippen LogP contribution in [0, 0.1) is 5.82 Å². The molecule has 1 atom stereocenters. The van der Waals surface area contributed by atoms with Crippen molar-refractivity contribution >= 4 is 27.3 Å². The van der Waals surface area contributed by atoms with E-state index in [-0.39, 0.29) is 43.3 Å². The number of halogens is 2. The fourth-order valence-corrected chi connectivity index (χ4v) is 4.97. The van der Waals surface area contributed by atoms with Crippen LogP contribution in [0.15, 0.2) is 48.5 Å². The van der Waals surface area contributed by atoms with Crippen molar-refractivity contribution in [2.45, 2.75) is 11.7 Å². The van der Waals surface area contributed by atoms with Gasteiger partial charge < -0.3 is 9.64 Å². The fraction of sp³-hybridized carbons (Fsp3) is 0.316. The number of amides is 1. The summed E-state index contributed by atoms with van der Waals surface area (Å²) < 4.78 is 44.7. The van der Waals surface area contributed by atoms with Crippen molar-refractivity contribution in [3.63, 3.8) is 0 Å². The fourth-order valence-electron chi connectivity index (χ4n) is 3.05. The summed E-state index contributed by atoms with van der Waals surface area (Å²) in [6.07, 6.45) is 0.149. The lowest BCUT2D eigenvalue weighted by Gasteiger charge is -2.20. The minimum absolute atomic E-state index is 0.0656. The molecule has 2 aromatic carbocycles. The Labute approximate surface area is 162 Å². The van der Waals surface area contributed by atoms with Crippen LogP contribution in [0.2, 0.25) is 5.02 Å². The summed E-state index contributed by atoms with van der Waals surface area (Å²) in [5.74, 6) is -0.565. The second-order valence-corrected chi connectivity index (χ2v) is 9.03. The zero-order valence-electron chi connectivity index (χ0n) is 14.5. The van der Waals surface area contributed by atoms with Gasteiger partial charge in [0.15, 0.2) is 16.4 Å². The van der Waals surface area contributed by atoms with Crippen molar-refractivity contribution in [3.8, 4) is 5.75 Å². The molecule has 1 saturated heterocycles. The maximum absolute atomic E-state index is 14.1. The van der Waals surface area contributed by atoms with Crippen molar-refractivity contribution in [2.24, 2.45) is 0 Å². The largest absolute Gasteiger partial charge is 0.484 e. The molecule has 1 amide bonds. The summed E-state index contributed by atoms with van der Waals surface area (Å²) in [5, 5.41) is -0.390. The minimum Gasteiger partial charge on any atom is -0.484 e. The second kappa shape index (κ2) is 8.27. The monoisotopic (exact) mass is 411 g/mol. The van der Waals surface area contributed by atoms with E-state index in [1.165, 1.54) is 23.1 Å². The van der Waals surface area contributed by atoms with E-state index >= 15 is 0 Å². The molecule has 1 aliphatic rings. The molecular formula is C19H19ClFNO4S. The summed E-state index contributed by atoms with van der Waals surface area (Å²) in [6.45, 7) is 0.0865. The van der Waals surface area contributed by atoms with Gasteiger partial charge in [0.2, 0.25) is 0 Å². The number of hydrogen-bond donors (Lipinski definition) is 0. The van der Waals surface area contributed by atoms with Crippen LogP contribution in [0.1, 0.15) is 17.2 Å². The molecule has 0 radical (unpaired) electrons. The number of ether oxygens (including phenoxy) is 1. The van der Waals surface area contributed by atoms with Gasteiger partial charge in [-0.2, -0.15) is 0 Å². The number of benzene rings is 2. The zero-order chi connectivity index (χ0) is 19.4. The second-order valence-electron chi connectivity index (χ2n) is 6.29. The first-order valence-corrected chi connectivity index (χ1v) is 10.6. The highest BCUT2D eigenvalue weighted by atomic mass is 35.5. The summed E-state index contributed by atoms with van der Waals surface area (Å²) >= 11 is 5.80. The molecule has 144 valence electrons. The Morgan fingerprint density at radius 3 is 2.56 bits per heavy atom. The maximum atomic E-state index is 14.1. The molecule has 1 fully saturated rings. The summed E-state index contributed by atoms with van der Waals surface area (Å²) in [5.41, 5.74) is 0.157. The molecule has 3 rings (SSSR count). The molecule has 1 aliphatic heterocycles. The van der Waals surface area contributed by atoms with Crippen molar-refractivity contribution in [2.75, 3.05) is 25.4 Å². The molecular weight excluding hydrogens is 393 g/mol. The molecule has 1 heterocycles. The van der Waals surface area contributed by atoms with E-state index < -0.39 is 20.9 Å². The van der Waals surface area contributed by atoms with Crippen LogP contribution in [0.3, 0.4) is 0 Å². The van der Waals surface area contributed by atoms with Gasteiger partial charge in [-0.3, -0.25) is 4.79 Å². The Hall–Kier alpha value is -2.12. The Kier molecular flexibility index (Phi) is 6.01. The van der Waals surface area contributed by atoms with E-state index in [0.29, 0.717) is 10.8 Å². The molecule has 0 saturated carbocycles. The summed E-state index contributed by atoms with van der Waals surface area (Å²) in [7, 11) is -3.56. The lowest BCUT2D eigenvalue weighted by atomic mass is 10.1. The Morgan fingerprint density at radius 2 is 1.85 bits per heavy atom. The third-order valence-electron chi connectivity index (χ3n) is 4.52. The highest BCUT2D eigenvalue weighted by Crippen LogP contribution is 2.31. The Bertz CT molecular complexity index is 918. The van der Waals surface area contributed by atoms with E-state index in [1.54, 1.807) is 30.3 Å². The highest BCUT2D eigenvalue weighted by molar-refractivity contribution is 7.91. The van der Waals surface area contributed by atoms with E-state index in [4.69, 9.17) is 16.3 Å². The molecule has 5 nitrogen and oxygen atoms in total. The van der Waals surface area contributed by atoms with E-state index in [9.17, 15) is 17.6 Å². The van der Waals surface area contributed by atoms with Crippen LogP contribution in [-0.4, -0.2) is 44.7 Å². The molecule has 0 spiro atoms. The molecule has 0 bridgehead atoms. The molecule has 2 aromatic rings. The normalized spacial score (nSPS) is 19.3. The van der Waals surface area contributed by atoms with E-state index in [2.05, 4.69) is 0 Å². The first kappa shape index (κ1) is 19.6. The average Bonchev–Trinajstić information content (AvgIpc) is 2.80. The van der Waals surface area contributed by atoms with Crippen LogP contribution in [0.4, 0.5) is 4.39 Å². The van der Waals surface area contributed by atoms with Gasteiger partial charge in [-0.05, 0) is 36.8 Å². The number of sulfone groups is 1. The SMILES string of the molecule is O=C(COc1ccc(Cl)cc1)N1CCC(c2ccccc2F)S(=O)(=O)CC1. The standard InChI is InChI=1S/C19H19ClFNO4S/c20-14-5-7-15(8-6-14)26-13-19(23)22-10-9-18(27(24,25)12-11-22)16-3-1-2-4-17(16)21/h1-8,18H,9-13H2. The number of carbonyl (C=O) groups excluding carboxylic acids is 1. The average molecular weight is 412 g/mol. The molecule has 1 unspecified atom stereocenters. The van der Waals surface area contributed by atoms with Gasteiger partial charge in [-0.15, -0.1) is 0 Å². The number of hydrogen-bond acceptors (Lipinski definition) is 4. The Balaban J connectivity index is 1.67. The highest BCUT2D eigenvalue weighted by Gasteiger charge is 2.34. The quantitative estimate of drug-likeness (QED) is 0.774. The Morgan fingerprint density at radius 1 is 1.15 bits per heavy atom. The summed E-state index contributed by atoms with van der Waals surface area (Å²) in [4.78, 5) is 13.9. The van der Waals surface area contributed by atoms with Crippen LogP contribution < -0.4 is 4.74 Å². The first-order chi connectivity index (χ1) is 12.9. The summed E-state index contributed by atoms with van der Waals surface area (Å²) in [6, 6.07) is 12.5. The predicted octanol–water partition coefficient (Wildman–Crippen LogP) is 3.25. The lowest BCUT2D eigenvalue weighted by molar-refractivity contribution is -0.133. The van der Waals surface area contributed by atoms with E-state index in [0.717, 1.165) is 0 Å². The van der Waals surface area contributed by atoms with Crippen molar-refractivity contribution < 1.29 is 22.3 Å². The van der Waals surface area contributed by atoms with Gasteiger partial charge in [0.1, 0.15) is 11.6 Å². The van der Waals surface area contributed by atoms with Crippen molar-refractivity contribution in [3.05, 3.63) is 64.9 Å².